The number of aromatic amines is 1. The standard InChI is InChI=1S/C12H17BrN2O3/c1-7-9(13)10(16)8(5-14-7)11(17)15(4)6-12(2,3)18/h5,18H,6H2,1-4H3,(H,14,16). The molecule has 5 nitrogen and oxygen atoms in total. The van der Waals surface area contributed by atoms with Crippen molar-refractivity contribution in [3.63, 3.8) is 0 Å². The fourth-order valence-corrected chi connectivity index (χ4v) is 1.94. The third kappa shape index (κ3) is 3.43. The average Bonchev–Trinajstić information content (AvgIpc) is 2.23. The van der Waals surface area contributed by atoms with E-state index < -0.39 is 11.5 Å². The Morgan fingerprint density at radius 2 is 2.11 bits per heavy atom. The first-order chi connectivity index (χ1) is 8.13. The number of H-pyrrole nitrogens is 1. The number of likely N-dealkylation sites (N-methyl/N-ethyl adjacent to an activating group) is 1. The first-order valence-electron chi connectivity index (χ1n) is 5.49. The van der Waals surface area contributed by atoms with Crippen molar-refractivity contribution in [3.05, 3.63) is 32.2 Å². The van der Waals surface area contributed by atoms with E-state index in [1.807, 2.05) is 0 Å². The highest BCUT2D eigenvalue weighted by molar-refractivity contribution is 9.10. The Labute approximate surface area is 114 Å². The molecule has 0 spiro atoms. The van der Waals surface area contributed by atoms with Gasteiger partial charge in [0.05, 0.1) is 10.1 Å². The highest BCUT2D eigenvalue weighted by Crippen LogP contribution is 2.11. The molecule has 0 radical (unpaired) electrons. The summed E-state index contributed by atoms with van der Waals surface area (Å²) >= 11 is 3.14. The molecule has 0 saturated carbocycles. The first kappa shape index (κ1) is 14.9. The zero-order chi connectivity index (χ0) is 14.1. The van der Waals surface area contributed by atoms with Gasteiger partial charge in [-0.05, 0) is 36.7 Å². The number of carbonyl (C=O) groups is 1. The van der Waals surface area contributed by atoms with E-state index in [-0.39, 0.29) is 17.5 Å². The molecule has 0 unspecified atom stereocenters. The number of nitrogens with one attached hydrogen (secondary N) is 1. The van der Waals surface area contributed by atoms with Crippen molar-refractivity contribution in [2.45, 2.75) is 26.4 Å². The smallest absolute Gasteiger partial charge is 0.259 e. The molecule has 0 atom stereocenters. The Kier molecular flexibility index (Phi) is 4.34. The average molecular weight is 317 g/mol. The zero-order valence-corrected chi connectivity index (χ0v) is 12.5. The molecule has 18 heavy (non-hydrogen) atoms. The largest absolute Gasteiger partial charge is 0.389 e. The van der Waals surface area contributed by atoms with E-state index in [0.717, 1.165) is 0 Å². The summed E-state index contributed by atoms with van der Waals surface area (Å²) < 4.78 is 0.352. The van der Waals surface area contributed by atoms with E-state index >= 15 is 0 Å². The summed E-state index contributed by atoms with van der Waals surface area (Å²) in [5.74, 6) is -0.418. The second-order valence-corrected chi connectivity index (χ2v) is 5.74. The van der Waals surface area contributed by atoms with Crippen LogP contribution in [-0.4, -0.2) is 40.1 Å². The lowest BCUT2D eigenvalue weighted by molar-refractivity contribution is 0.0367. The van der Waals surface area contributed by atoms with E-state index in [1.54, 1.807) is 27.8 Å². The molecule has 2 N–H and O–H groups in total. The monoisotopic (exact) mass is 316 g/mol. The molecule has 0 aliphatic carbocycles. The molecule has 1 heterocycles. The van der Waals surface area contributed by atoms with Crippen LogP contribution < -0.4 is 5.43 Å². The molecule has 1 rings (SSSR count). The minimum Gasteiger partial charge on any atom is -0.389 e. The number of pyridine rings is 1. The number of hydrogen-bond donors (Lipinski definition) is 2. The van der Waals surface area contributed by atoms with Crippen LogP contribution >= 0.6 is 15.9 Å². The van der Waals surface area contributed by atoms with Gasteiger partial charge in [0.2, 0.25) is 5.43 Å². The van der Waals surface area contributed by atoms with Crippen molar-refractivity contribution in [2.24, 2.45) is 0 Å². The number of carbonyl (C=O) groups excluding carboxylic acids is 1. The molecule has 1 aromatic heterocycles. The van der Waals surface area contributed by atoms with Gasteiger partial charge in [0.25, 0.3) is 5.91 Å². The fraction of sp³-hybridized carbons (Fsp3) is 0.500. The molecule has 0 bridgehead atoms. The SMILES string of the molecule is Cc1[nH]cc(C(=O)N(C)CC(C)(C)O)c(=O)c1Br. The van der Waals surface area contributed by atoms with Gasteiger partial charge in [-0.2, -0.15) is 0 Å². The molecule has 0 saturated heterocycles. The minimum atomic E-state index is -1.00. The Bertz CT molecular complexity index is 517. The predicted octanol–water partition coefficient (Wildman–Crippen LogP) is 1.29. The van der Waals surface area contributed by atoms with E-state index in [4.69, 9.17) is 0 Å². The van der Waals surface area contributed by atoms with Gasteiger partial charge in [-0.15, -0.1) is 0 Å². The van der Waals surface area contributed by atoms with Crippen LogP contribution in [-0.2, 0) is 0 Å². The maximum absolute atomic E-state index is 12.1. The summed E-state index contributed by atoms with van der Waals surface area (Å²) in [5.41, 5.74) is -0.626. The second kappa shape index (κ2) is 5.24. The maximum Gasteiger partial charge on any atom is 0.259 e. The minimum absolute atomic E-state index is 0.0548. The van der Waals surface area contributed by atoms with Gasteiger partial charge in [0.15, 0.2) is 0 Å². The third-order valence-corrected chi connectivity index (χ3v) is 3.36. The van der Waals surface area contributed by atoms with Crippen LogP contribution in [0.1, 0.15) is 29.9 Å². The van der Waals surface area contributed by atoms with Crippen molar-refractivity contribution in [1.82, 2.24) is 9.88 Å². The first-order valence-corrected chi connectivity index (χ1v) is 6.28. The predicted molar refractivity (Wildman–Crippen MR) is 72.8 cm³/mol. The fourth-order valence-electron chi connectivity index (χ4n) is 1.61. The number of halogens is 1. The number of aromatic nitrogens is 1. The Balaban J connectivity index is 3.06. The Hall–Kier alpha value is -1.14. The summed E-state index contributed by atoms with van der Waals surface area (Å²) in [7, 11) is 1.55. The zero-order valence-electron chi connectivity index (χ0n) is 10.9. The van der Waals surface area contributed by atoms with Crippen molar-refractivity contribution < 1.29 is 9.90 Å². The lowest BCUT2D eigenvalue weighted by atomic mass is 10.1. The number of rotatable bonds is 3. The van der Waals surface area contributed by atoms with Crippen molar-refractivity contribution >= 4 is 21.8 Å². The number of amides is 1. The summed E-state index contributed by atoms with van der Waals surface area (Å²) in [5, 5.41) is 9.66. The number of hydrogen-bond acceptors (Lipinski definition) is 3. The van der Waals surface area contributed by atoms with Crippen LogP contribution in [0.25, 0.3) is 0 Å². The van der Waals surface area contributed by atoms with Gasteiger partial charge in [-0.25, -0.2) is 0 Å². The van der Waals surface area contributed by atoms with Crippen LogP contribution in [0, 0.1) is 6.92 Å². The normalized spacial score (nSPS) is 11.4. The van der Waals surface area contributed by atoms with E-state index in [9.17, 15) is 14.7 Å². The molecule has 0 aromatic carbocycles. The molecule has 0 fully saturated rings. The van der Waals surface area contributed by atoms with Crippen LogP contribution in [0.3, 0.4) is 0 Å². The maximum atomic E-state index is 12.1. The molecule has 0 aliphatic rings. The van der Waals surface area contributed by atoms with Gasteiger partial charge >= 0.3 is 0 Å². The van der Waals surface area contributed by atoms with Crippen molar-refractivity contribution in [3.8, 4) is 0 Å². The molecule has 1 aromatic rings. The lowest BCUT2D eigenvalue weighted by Crippen LogP contribution is -2.41. The van der Waals surface area contributed by atoms with E-state index in [2.05, 4.69) is 20.9 Å². The van der Waals surface area contributed by atoms with E-state index in [0.29, 0.717) is 10.2 Å². The van der Waals surface area contributed by atoms with Crippen LogP contribution in [0.2, 0.25) is 0 Å². The molecular weight excluding hydrogens is 300 g/mol. The third-order valence-electron chi connectivity index (χ3n) is 2.41. The van der Waals surface area contributed by atoms with Gasteiger partial charge in [-0.1, -0.05) is 0 Å². The van der Waals surface area contributed by atoms with Crippen molar-refractivity contribution in [1.29, 1.82) is 0 Å². The second-order valence-electron chi connectivity index (χ2n) is 4.94. The highest BCUT2D eigenvalue weighted by Gasteiger charge is 2.22. The quantitative estimate of drug-likeness (QED) is 0.882. The Morgan fingerprint density at radius 1 is 1.56 bits per heavy atom. The van der Waals surface area contributed by atoms with Gasteiger partial charge in [0.1, 0.15) is 5.56 Å². The van der Waals surface area contributed by atoms with Crippen LogP contribution in [0.4, 0.5) is 0 Å². The van der Waals surface area contributed by atoms with E-state index in [1.165, 1.54) is 11.1 Å². The van der Waals surface area contributed by atoms with Crippen LogP contribution in [0.15, 0.2) is 15.5 Å². The number of aliphatic hydroxyl groups is 1. The number of nitrogens with zero attached hydrogens (tertiary/aromatic N) is 1. The molecule has 6 heteroatoms. The summed E-state index contributed by atoms with van der Waals surface area (Å²) in [4.78, 5) is 28.2. The number of aryl methyl sites for hydroxylation is 1. The van der Waals surface area contributed by atoms with Gasteiger partial charge < -0.3 is 15.0 Å². The van der Waals surface area contributed by atoms with Crippen LogP contribution in [0.5, 0.6) is 0 Å². The van der Waals surface area contributed by atoms with Gasteiger partial charge in [-0.3, -0.25) is 9.59 Å². The lowest BCUT2D eigenvalue weighted by Gasteiger charge is -2.25. The Morgan fingerprint density at radius 3 is 2.61 bits per heavy atom. The molecule has 0 aliphatic heterocycles. The van der Waals surface area contributed by atoms with Crippen molar-refractivity contribution in [2.75, 3.05) is 13.6 Å². The summed E-state index contributed by atoms with van der Waals surface area (Å²) in [6.07, 6.45) is 1.39. The molecular formula is C12H17BrN2O3. The summed E-state index contributed by atoms with van der Waals surface area (Å²) in [6, 6.07) is 0. The molecule has 100 valence electrons. The summed E-state index contributed by atoms with van der Waals surface area (Å²) in [6.45, 7) is 5.09. The van der Waals surface area contributed by atoms with Gasteiger partial charge in [0, 0.05) is 25.5 Å². The topological polar surface area (TPSA) is 73.4 Å². The molecule has 1 amide bonds. The highest BCUT2D eigenvalue weighted by atomic mass is 79.9.